The third-order valence-electron chi connectivity index (χ3n) is 4.36. The third-order valence-corrected chi connectivity index (χ3v) is 4.36. The van der Waals surface area contributed by atoms with Crippen LogP contribution in [-0.2, 0) is 16.1 Å². The molecule has 1 aromatic rings. The van der Waals surface area contributed by atoms with E-state index < -0.39 is 30.3 Å². The molecule has 0 aliphatic heterocycles. The lowest BCUT2D eigenvalue weighted by Crippen LogP contribution is -2.57. The van der Waals surface area contributed by atoms with E-state index in [2.05, 4.69) is 10.6 Å². The quantitative estimate of drug-likeness (QED) is 0.733. The number of carbonyl (C=O) groups excluding carboxylic acids is 2. The van der Waals surface area contributed by atoms with Gasteiger partial charge >= 0.3 is 6.09 Å². The summed E-state index contributed by atoms with van der Waals surface area (Å²) in [5.74, 6) is 0.0317. The first-order chi connectivity index (χ1) is 13.1. The van der Waals surface area contributed by atoms with E-state index in [1.165, 1.54) is 0 Å². The molecule has 28 heavy (non-hydrogen) atoms. The molecule has 8 heteroatoms. The van der Waals surface area contributed by atoms with E-state index in [-0.39, 0.29) is 12.5 Å². The SMILES string of the molecule is CC(C)(C)OC(=O)NC1(C(=O)NCc2cccc(OCC(F)F)c2)CCCC1. The minimum absolute atomic E-state index is 0.197. The number of hydrogen-bond acceptors (Lipinski definition) is 4. The maximum atomic E-state index is 12.8. The highest BCUT2D eigenvalue weighted by atomic mass is 19.3. The van der Waals surface area contributed by atoms with Crippen molar-refractivity contribution >= 4 is 12.0 Å². The highest BCUT2D eigenvalue weighted by Gasteiger charge is 2.43. The average Bonchev–Trinajstić information content (AvgIpc) is 3.06. The molecule has 0 unspecified atom stereocenters. The Hall–Kier alpha value is -2.38. The van der Waals surface area contributed by atoms with Crippen molar-refractivity contribution in [3.05, 3.63) is 29.8 Å². The second kappa shape index (κ2) is 9.21. The summed E-state index contributed by atoms with van der Waals surface area (Å²) >= 11 is 0. The Labute approximate surface area is 164 Å². The second-order valence-electron chi connectivity index (χ2n) is 7.95. The zero-order chi connectivity index (χ0) is 20.8. The van der Waals surface area contributed by atoms with Crippen LogP contribution >= 0.6 is 0 Å². The van der Waals surface area contributed by atoms with Crippen LogP contribution in [0.4, 0.5) is 13.6 Å². The Kier molecular flexibility index (Phi) is 7.21. The molecule has 1 saturated carbocycles. The normalized spacial score (nSPS) is 15.9. The number of alkyl halides is 2. The molecule has 0 atom stereocenters. The Morgan fingerprint density at radius 1 is 1.21 bits per heavy atom. The number of hydrogen-bond donors (Lipinski definition) is 2. The summed E-state index contributed by atoms with van der Waals surface area (Å²) < 4.78 is 34.8. The smallest absolute Gasteiger partial charge is 0.408 e. The fraction of sp³-hybridized carbons (Fsp3) is 0.600. The van der Waals surface area contributed by atoms with E-state index in [1.54, 1.807) is 45.0 Å². The van der Waals surface area contributed by atoms with E-state index in [1.807, 2.05) is 0 Å². The molecule has 0 saturated heterocycles. The standard InChI is InChI=1S/C20H28F2N2O4/c1-19(2,3)28-18(26)24-20(9-4-5-10-20)17(25)23-12-14-7-6-8-15(11-14)27-13-16(21)22/h6-8,11,16H,4-5,9-10,12-13H2,1-3H3,(H,23,25)(H,24,26). The lowest BCUT2D eigenvalue weighted by molar-refractivity contribution is -0.127. The molecule has 1 aliphatic rings. The fourth-order valence-corrected chi connectivity index (χ4v) is 3.14. The molecule has 1 fully saturated rings. The van der Waals surface area contributed by atoms with Crippen molar-refractivity contribution in [1.29, 1.82) is 0 Å². The molecule has 0 aromatic heterocycles. The van der Waals surface area contributed by atoms with Gasteiger partial charge in [-0.15, -0.1) is 0 Å². The number of carbonyl (C=O) groups is 2. The van der Waals surface area contributed by atoms with Gasteiger partial charge in [0.1, 0.15) is 23.5 Å². The predicted octanol–water partition coefficient (Wildman–Crippen LogP) is 3.78. The summed E-state index contributed by atoms with van der Waals surface area (Å²) in [6.45, 7) is 4.80. The number of nitrogens with one attached hydrogen (secondary N) is 2. The molecule has 2 N–H and O–H groups in total. The summed E-state index contributed by atoms with van der Waals surface area (Å²) in [6, 6.07) is 6.62. The van der Waals surface area contributed by atoms with Gasteiger partial charge in [-0.3, -0.25) is 4.79 Å². The summed E-state index contributed by atoms with van der Waals surface area (Å²) in [7, 11) is 0. The third kappa shape index (κ3) is 6.65. The maximum Gasteiger partial charge on any atom is 0.408 e. The fourth-order valence-electron chi connectivity index (χ4n) is 3.14. The van der Waals surface area contributed by atoms with E-state index in [0.29, 0.717) is 24.2 Å². The first kappa shape index (κ1) is 21.9. The Morgan fingerprint density at radius 3 is 2.50 bits per heavy atom. The zero-order valence-electron chi connectivity index (χ0n) is 16.5. The molecule has 156 valence electrons. The van der Waals surface area contributed by atoms with Crippen molar-refractivity contribution in [2.24, 2.45) is 0 Å². The van der Waals surface area contributed by atoms with E-state index in [0.717, 1.165) is 12.8 Å². The topological polar surface area (TPSA) is 76.7 Å². The van der Waals surface area contributed by atoms with Crippen molar-refractivity contribution in [3.63, 3.8) is 0 Å². The largest absolute Gasteiger partial charge is 0.488 e. The number of halogens is 2. The summed E-state index contributed by atoms with van der Waals surface area (Å²) in [4.78, 5) is 25.0. The number of ether oxygens (including phenoxy) is 2. The van der Waals surface area contributed by atoms with Gasteiger partial charge in [-0.25, -0.2) is 13.6 Å². The number of benzene rings is 1. The van der Waals surface area contributed by atoms with Crippen LogP contribution in [-0.4, -0.2) is 36.2 Å². The number of rotatable bonds is 7. The van der Waals surface area contributed by atoms with Gasteiger partial charge in [-0.2, -0.15) is 0 Å². The minimum atomic E-state index is -2.55. The van der Waals surface area contributed by atoms with Gasteiger partial charge < -0.3 is 20.1 Å². The van der Waals surface area contributed by atoms with Gasteiger partial charge in [0.15, 0.2) is 0 Å². The number of amides is 2. The van der Waals surface area contributed by atoms with Crippen LogP contribution in [0.1, 0.15) is 52.0 Å². The molecule has 6 nitrogen and oxygen atoms in total. The summed E-state index contributed by atoms with van der Waals surface area (Å²) in [5.41, 5.74) is -0.934. The molecule has 2 rings (SSSR count). The Morgan fingerprint density at radius 2 is 1.89 bits per heavy atom. The molecule has 0 heterocycles. The van der Waals surface area contributed by atoms with E-state index in [9.17, 15) is 18.4 Å². The van der Waals surface area contributed by atoms with Crippen LogP contribution < -0.4 is 15.4 Å². The van der Waals surface area contributed by atoms with Crippen LogP contribution in [0.25, 0.3) is 0 Å². The van der Waals surface area contributed by atoms with Crippen LogP contribution in [0, 0.1) is 0 Å². The van der Waals surface area contributed by atoms with Crippen LogP contribution in [0.5, 0.6) is 5.75 Å². The van der Waals surface area contributed by atoms with Gasteiger partial charge in [-0.1, -0.05) is 25.0 Å². The van der Waals surface area contributed by atoms with Crippen molar-refractivity contribution in [2.75, 3.05) is 6.61 Å². The van der Waals surface area contributed by atoms with Gasteiger partial charge in [0, 0.05) is 6.54 Å². The molecule has 0 bridgehead atoms. The van der Waals surface area contributed by atoms with Crippen LogP contribution in [0.3, 0.4) is 0 Å². The average molecular weight is 398 g/mol. The first-order valence-corrected chi connectivity index (χ1v) is 9.39. The van der Waals surface area contributed by atoms with Gasteiger partial charge in [0.2, 0.25) is 5.91 Å². The molecule has 0 radical (unpaired) electrons. The number of alkyl carbamates (subject to hydrolysis) is 1. The highest BCUT2D eigenvalue weighted by molar-refractivity contribution is 5.90. The lowest BCUT2D eigenvalue weighted by atomic mass is 9.96. The van der Waals surface area contributed by atoms with Crippen molar-refractivity contribution in [2.45, 2.75) is 70.6 Å². The minimum Gasteiger partial charge on any atom is -0.488 e. The second-order valence-corrected chi connectivity index (χ2v) is 7.95. The summed E-state index contributed by atoms with van der Waals surface area (Å²) in [6.07, 6.45) is -0.428. The molecule has 2 amide bonds. The van der Waals surface area contributed by atoms with Crippen molar-refractivity contribution in [1.82, 2.24) is 10.6 Å². The monoisotopic (exact) mass is 398 g/mol. The van der Waals surface area contributed by atoms with Gasteiger partial charge in [0.05, 0.1) is 0 Å². The first-order valence-electron chi connectivity index (χ1n) is 9.39. The van der Waals surface area contributed by atoms with Gasteiger partial charge in [-0.05, 0) is 51.3 Å². The molecular weight excluding hydrogens is 370 g/mol. The summed E-state index contributed by atoms with van der Waals surface area (Å²) in [5, 5.41) is 5.58. The molecule has 1 aromatic carbocycles. The van der Waals surface area contributed by atoms with Gasteiger partial charge in [0.25, 0.3) is 6.43 Å². The maximum absolute atomic E-state index is 12.8. The van der Waals surface area contributed by atoms with E-state index >= 15 is 0 Å². The van der Waals surface area contributed by atoms with Crippen molar-refractivity contribution in [3.8, 4) is 5.75 Å². The Bertz CT molecular complexity index is 683. The van der Waals surface area contributed by atoms with E-state index in [4.69, 9.17) is 9.47 Å². The molecule has 0 spiro atoms. The zero-order valence-corrected chi connectivity index (χ0v) is 16.5. The predicted molar refractivity (Wildman–Crippen MR) is 100 cm³/mol. The lowest BCUT2D eigenvalue weighted by Gasteiger charge is -2.30. The molecular formula is C20H28F2N2O4. The Balaban J connectivity index is 1.97. The molecule has 1 aliphatic carbocycles. The van der Waals surface area contributed by atoms with Crippen molar-refractivity contribution < 1.29 is 27.8 Å². The van der Waals surface area contributed by atoms with Crippen LogP contribution in [0.2, 0.25) is 0 Å². The van der Waals surface area contributed by atoms with Crippen LogP contribution in [0.15, 0.2) is 24.3 Å². The highest BCUT2D eigenvalue weighted by Crippen LogP contribution is 2.30.